The van der Waals surface area contributed by atoms with Gasteiger partial charge in [-0.15, -0.1) is 0 Å². The SMILES string of the molecule is CC(C)(F)c1ccccc1. The fraction of sp³-hybridized carbons (Fsp3) is 0.333. The first kappa shape index (κ1) is 7.26. The second kappa shape index (κ2) is 2.41. The number of hydrogen-bond donors (Lipinski definition) is 0. The summed E-state index contributed by atoms with van der Waals surface area (Å²) >= 11 is 0. The first-order valence-electron chi connectivity index (χ1n) is 3.35. The van der Waals surface area contributed by atoms with Crippen LogP contribution in [0.5, 0.6) is 0 Å². The van der Waals surface area contributed by atoms with Crippen LogP contribution in [-0.2, 0) is 5.67 Å². The van der Waals surface area contributed by atoms with E-state index in [-0.39, 0.29) is 0 Å². The van der Waals surface area contributed by atoms with Crippen molar-refractivity contribution in [2.45, 2.75) is 19.5 Å². The molecule has 1 aromatic rings. The standard InChI is InChI=1S/C9H11F/c1-9(2,10)8-6-4-3-5-7-8/h3-7H,1-2H3. The molecular formula is C9H11F. The zero-order chi connectivity index (χ0) is 7.61. The predicted octanol–water partition coefficient (Wildman–Crippen LogP) is 2.89. The Morgan fingerprint density at radius 1 is 1.10 bits per heavy atom. The van der Waals surface area contributed by atoms with Crippen molar-refractivity contribution in [3.63, 3.8) is 0 Å². The normalized spacial score (nSPS) is 11.5. The number of benzene rings is 1. The molecular weight excluding hydrogens is 127 g/mol. The molecule has 1 rings (SSSR count). The summed E-state index contributed by atoms with van der Waals surface area (Å²) in [4.78, 5) is 0. The molecule has 0 bridgehead atoms. The molecule has 0 fully saturated rings. The van der Waals surface area contributed by atoms with Gasteiger partial charge in [-0.3, -0.25) is 0 Å². The van der Waals surface area contributed by atoms with Crippen molar-refractivity contribution < 1.29 is 4.39 Å². The first-order valence-corrected chi connectivity index (χ1v) is 3.35. The molecule has 1 aromatic carbocycles. The van der Waals surface area contributed by atoms with Gasteiger partial charge < -0.3 is 0 Å². The molecule has 0 saturated carbocycles. The summed E-state index contributed by atoms with van der Waals surface area (Å²) in [6.45, 7) is 3.12. The van der Waals surface area contributed by atoms with E-state index in [4.69, 9.17) is 0 Å². The molecule has 0 nitrogen and oxygen atoms in total. The van der Waals surface area contributed by atoms with Gasteiger partial charge in [-0.05, 0) is 19.4 Å². The Labute approximate surface area is 60.7 Å². The average molecular weight is 138 g/mol. The molecule has 0 radical (unpaired) electrons. The van der Waals surface area contributed by atoms with Crippen molar-refractivity contribution in [3.8, 4) is 0 Å². The van der Waals surface area contributed by atoms with Crippen molar-refractivity contribution in [2.24, 2.45) is 0 Å². The molecule has 1 heteroatoms. The lowest BCUT2D eigenvalue weighted by molar-refractivity contribution is 0.221. The lowest BCUT2D eigenvalue weighted by Gasteiger charge is -2.13. The van der Waals surface area contributed by atoms with Gasteiger partial charge in [-0.25, -0.2) is 4.39 Å². The third-order valence-corrected chi connectivity index (χ3v) is 1.46. The van der Waals surface area contributed by atoms with Gasteiger partial charge in [-0.2, -0.15) is 0 Å². The van der Waals surface area contributed by atoms with Gasteiger partial charge in [0.1, 0.15) is 5.67 Å². The molecule has 10 heavy (non-hydrogen) atoms. The largest absolute Gasteiger partial charge is 0.239 e. The van der Waals surface area contributed by atoms with Crippen molar-refractivity contribution in [3.05, 3.63) is 35.9 Å². The minimum absolute atomic E-state index is 0.731. The maximum absolute atomic E-state index is 13.1. The lowest BCUT2D eigenvalue weighted by atomic mass is 10.0. The average Bonchev–Trinajstić information content (AvgIpc) is 1.88. The number of hydrogen-bond acceptors (Lipinski definition) is 0. The van der Waals surface area contributed by atoms with E-state index in [1.165, 1.54) is 0 Å². The molecule has 0 aliphatic rings. The zero-order valence-electron chi connectivity index (χ0n) is 6.26. The van der Waals surface area contributed by atoms with E-state index in [0.717, 1.165) is 5.56 Å². The Balaban J connectivity index is 2.97. The van der Waals surface area contributed by atoms with Gasteiger partial charge in [0.15, 0.2) is 0 Å². The molecule has 0 heterocycles. The molecule has 0 unspecified atom stereocenters. The molecule has 0 aliphatic heterocycles. The highest BCUT2D eigenvalue weighted by Crippen LogP contribution is 2.23. The topological polar surface area (TPSA) is 0 Å². The quantitative estimate of drug-likeness (QED) is 0.559. The molecule has 54 valence electrons. The Bertz CT molecular complexity index is 196. The van der Waals surface area contributed by atoms with Crippen LogP contribution >= 0.6 is 0 Å². The Morgan fingerprint density at radius 3 is 1.90 bits per heavy atom. The molecule has 0 saturated heterocycles. The maximum Gasteiger partial charge on any atom is 0.130 e. The molecule has 0 aromatic heterocycles. The van der Waals surface area contributed by atoms with E-state index in [0.29, 0.717) is 0 Å². The summed E-state index contributed by atoms with van der Waals surface area (Å²) in [6.07, 6.45) is 0. The molecule has 0 amide bonds. The summed E-state index contributed by atoms with van der Waals surface area (Å²) in [7, 11) is 0. The second-order valence-electron chi connectivity index (χ2n) is 2.84. The van der Waals surface area contributed by atoms with Gasteiger partial charge in [0.2, 0.25) is 0 Å². The predicted molar refractivity (Wildman–Crippen MR) is 40.6 cm³/mol. The van der Waals surface area contributed by atoms with Crippen LogP contribution in [0.25, 0.3) is 0 Å². The van der Waals surface area contributed by atoms with E-state index >= 15 is 0 Å². The van der Waals surface area contributed by atoms with Gasteiger partial charge in [-0.1, -0.05) is 30.3 Å². The van der Waals surface area contributed by atoms with Crippen LogP contribution in [0.2, 0.25) is 0 Å². The summed E-state index contributed by atoms with van der Waals surface area (Å²) in [5.74, 6) is 0. The second-order valence-corrected chi connectivity index (χ2v) is 2.84. The fourth-order valence-electron chi connectivity index (χ4n) is 0.834. The summed E-state index contributed by atoms with van der Waals surface area (Å²) < 4.78 is 13.1. The Kier molecular flexibility index (Phi) is 1.75. The molecule has 0 spiro atoms. The van der Waals surface area contributed by atoms with Crippen LogP contribution in [0.1, 0.15) is 19.4 Å². The van der Waals surface area contributed by atoms with Crippen molar-refractivity contribution in [1.29, 1.82) is 0 Å². The zero-order valence-corrected chi connectivity index (χ0v) is 6.26. The van der Waals surface area contributed by atoms with Crippen molar-refractivity contribution in [2.75, 3.05) is 0 Å². The highest BCUT2D eigenvalue weighted by molar-refractivity contribution is 5.20. The fourth-order valence-corrected chi connectivity index (χ4v) is 0.834. The minimum Gasteiger partial charge on any atom is -0.239 e. The monoisotopic (exact) mass is 138 g/mol. The highest BCUT2D eigenvalue weighted by Gasteiger charge is 2.16. The van der Waals surface area contributed by atoms with Crippen LogP contribution in [0.3, 0.4) is 0 Å². The van der Waals surface area contributed by atoms with Gasteiger partial charge in [0.25, 0.3) is 0 Å². The maximum atomic E-state index is 13.1. The Morgan fingerprint density at radius 2 is 1.60 bits per heavy atom. The van der Waals surface area contributed by atoms with E-state index < -0.39 is 5.67 Å². The van der Waals surface area contributed by atoms with Crippen molar-refractivity contribution in [1.82, 2.24) is 0 Å². The summed E-state index contributed by atoms with van der Waals surface area (Å²) in [6, 6.07) is 9.16. The lowest BCUT2D eigenvalue weighted by Crippen LogP contribution is -2.07. The number of rotatable bonds is 1. The van der Waals surface area contributed by atoms with Crippen LogP contribution in [0, 0.1) is 0 Å². The third kappa shape index (κ3) is 1.56. The van der Waals surface area contributed by atoms with Gasteiger partial charge in [0.05, 0.1) is 0 Å². The number of alkyl halides is 1. The van der Waals surface area contributed by atoms with Crippen LogP contribution < -0.4 is 0 Å². The molecule has 0 N–H and O–H groups in total. The molecule has 0 atom stereocenters. The highest BCUT2D eigenvalue weighted by atomic mass is 19.1. The van der Waals surface area contributed by atoms with Crippen molar-refractivity contribution >= 4 is 0 Å². The third-order valence-electron chi connectivity index (χ3n) is 1.46. The van der Waals surface area contributed by atoms with Gasteiger partial charge >= 0.3 is 0 Å². The Hall–Kier alpha value is -0.850. The van der Waals surface area contributed by atoms with Crippen LogP contribution in [0.4, 0.5) is 4.39 Å². The minimum atomic E-state index is -1.21. The molecule has 0 aliphatic carbocycles. The van der Waals surface area contributed by atoms with Crippen LogP contribution in [-0.4, -0.2) is 0 Å². The first-order chi connectivity index (χ1) is 4.61. The van der Waals surface area contributed by atoms with Gasteiger partial charge in [0, 0.05) is 0 Å². The smallest absolute Gasteiger partial charge is 0.130 e. The van der Waals surface area contributed by atoms with E-state index in [1.54, 1.807) is 26.0 Å². The van der Waals surface area contributed by atoms with Crippen LogP contribution in [0.15, 0.2) is 30.3 Å². The number of halogens is 1. The summed E-state index contributed by atoms with van der Waals surface area (Å²) in [5, 5.41) is 0. The summed E-state index contributed by atoms with van der Waals surface area (Å²) in [5.41, 5.74) is -0.476. The van der Waals surface area contributed by atoms with E-state index in [9.17, 15) is 4.39 Å². The van der Waals surface area contributed by atoms with E-state index in [1.807, 2.05) is 18.2 Å². The van der Waals surface area contributed by atoms with E-state index in [2.05, 4.69) is 0 Å².